The van der Waals surface area contributed by atoms with E-state index in [0.717, 1.165) is 23.4 Å². The van der Waals surface area contributed by atoms with E-state index in [-0.39, 0.29) is 0 Å². The van der Waals surface area contributed by atoms with Crippen LogP contribution < -0.4 is 10.6 Å². The Labute approximate surface area is 124 Å². The van der Waals surface area contributed by atoms with Crippen LogP contribution in [-0.2, 0) is 0 Å². The molecule has 0 aromatic carbocycles. The molecule has 1 heterocycles. The van der Waals surface area contributed by atoms with E-state index in [1.165, 1.54) is 38.5 Å². The summed E-state index contributed by atoms with van der Waals surface area (Å²) in [5, 5.41) is 6.48. The van der Waals surface area contributed by atoms with Crippen LogP contribution in [0.15, 0.2) is 10.7 Å². The summed E-state index contributed by atoms with van der Waals surface area (Å²) in [5.74, 6) is 1.55. The van der Waals surface area contributed by atoms with Crippen molar-refractivity contribution in [2.75, 3.05) is 23.7 Å². The molecule has 1 aromatic rings. The van der Waals surface area contributed by atoms with E-state index in [9.17, 15) is 0 Å². The standard InChI is InChI=1S/C14H25BrN4/c1-3-5-6-7-8-9-10-17-13-12(15)11-18-14(19-13)16-4-2/h11H,3-10H2,1-2H3,(H2,16,17,18,19). The predicted molar refractivity (Wildman–Crippen MR) is 85.8 cm³/mol. The van der Waals surface area contributed by atoms with Gasteiger partial charge in [0.1, 0.15) is 5.82 Å². The Morgan fingerprint density at radius 3 is 2.53 bits per heavy atom. The monoisotopic (exact) mass is 328 g/mol. The fourth-order valence-electron chi connectivity index (χ4n) is 1.85. The van der Waals surface area contributed by atoms with Crippen molar-refractivity contribution in [1.29, 1.82) is 0 Å². The first kappa shape index (κ1) is 16.2. The summed E-state index contributed by atoms with van der Waals surface area (Å²) in [6.45, 7) is 6.08. The lowest BCUT2D eigenvalue weighted by molar-refractivity contribution is 0.616. The number of rotatable bonds is 10. The molecule has 0 aliphatic rings. The van der Waals surface area contributed by atoms with Gasteiger partial charge in [-0.1, -0.05) is 39.0 Å². The quantitative estimate of drug-likeness (QED) is 0.623. The second-order valence-corrected chi connectivity index (χ2v) is 5.47. The SMILES string of the molecule is CCCCCCCCNc1nc(NCC)ncc1Br. The van der Waals surface area contributed by atoms with E-state index >= 15 is 0 Å². The average molecular weight is 329 g/mol. The fraction of sp³-hybridized carbons (Fsp3) is 0.714. The summed E-state index contributed by atoms with van der Waals surface area (Å²) < 4.78 is 0.917. The van der Waals surface area contributed by atoms with E-state index in [1.54, 1.807) is 6.20 Å². The molecule has 0 fully saturated rings. The van der Waals surface area contributed by atoms with Crippen molar-refractivity contribution in [2.45, 2.75) is 52.4 Å². The molecule has 0 aliphatic heterocycles. The molecule has 19 heavy (non-hydrogen) atoms. The zero-order valence-electron chi connectivity index (χ0n) is 12.0. The van der Waals surface area contributed by atoms with Crippen LogP contribution >= 0.6 is 15.9 Å². The van der Waals surface area contributed by atoms with Gasteiger partial charge in [0.15, 0.2) is 0 Å². The first-order valence-electron chi connectivity index (χ1n) is 7.28. The molecule has 1 rings (SSSR count). The smallest absolute Gasteiger partial charge is 0.224 e. The number of hydrogen-bond donors (Lipinski definition) is 2. The molecule has 0 saturated carbocycles. The minimum atomic E-state index is 0.677. The Morgan fingerprint density at radius 2 is 1.79 bits per heavy atom. The molecule has 0 atom stereocenters. The number of hydrogen-bond acceptors (Lipinski definition) is 4. The topological polar surface area (TPSA) is 49.8 Å². The molecule has 2 N–H and O–H groups in total. The summed E-state index contributed by atoms with van der Waals surface area (Å²) in [5.41, 5.74) is 0. The lowest BCUT2D eigenvalue weighted by atomic mass is 10.1. The zero-order valence-corrected chi connectivity index (χ0v) is 13.6. The number of aromatic nitrogens is 2. The number of unbranched alkanes of at least 4 members (excludes halogenated alkanes) is 5. The molecule has 5 heteroatoms. The van der Waals surface area contributed by atoms with Crippen molar-refractivity contribution >= 4 is 27.7 Å². The minimum absolute atomic E-state index is 0.677. The van der Waals surface area contributed by atoms with Crippen LogP contribution in [0.1, 0.15) is 52.4 Å². The van der Waals surface area contributed by atoms with Crippen molar-refractivity contribution in [3.8, 4) is 0 Å². The normalized spacial score (nSPS) is 10.5. The molecular formula is C14H25BrN4. The highest BCUT2D eigenvalue weighted by Gasteiger charge is 2.03. The lowest BCUT2D eigenvalue weighted by Crippen LogP contribution is -2.08. The Balaban J connectivity index is 2.26. The van der Waals surface area contributed by atoms with Crippen LogP contribution in [0.4, 0.5) is 11.8 Å². The number of nitrogens with zero attached hydrogens (tertiary/aromatic N) is 2. The maximum atomic E-state index is 4.43. The summed E-state index contributed by atoms with van der Waals surface area (Å²) in [6, 6.07) is 0. The predicted octanol–water partition coefficient (Wildman–Crippen LogP) is 4.44. The summed E-state index contributed by atoms with van der Waals surface area (Å²) in [4.78, 5) is 8.63. The molecule has 0 spiro atoms. The molecule has 0 unspecified atom stereocenters. The van der Waals surface area contributed by atoms with Gasteiger partial charge in [-0.3, -0.25) is 0 Å². The Hall–Kier alpha value is -0.840. The Kier molecular flexibility index (Phi) is 8.54. The maximum Gasteiger partial charge on any atom is 0.224 e. The van der Waals surface area contributed by atoms with Crippen LogP contribution in [0.25, 0.3) is 0 Å². The van der Waals surface area contributed by atoms with Gasteiger partial charge in [-0.25, -0.2) is 4.98 Å². The molecule has 0 saturated heterocycles. The second-order valence-electron chi connectivity index (χ2n) is 4.62. The third kappa shape index (κ3) is 6.76. The largest absolute Gasteiger partial charge is 0.369 e. The van der Waals surface area contributed by atoms with Crippen LogP contribution in [0.5, 0.6) is 0 Å². The minimum Gasteiger partial charge on any atom is -0.369 e. The molecule has 0 amide bonds. The molecule has 0 bridgehead atoms. The van der Waals surface area contributed by atoms with E-state index in [0.29, 0.717) is 5.95 Å². The molecule has 0 aliphatic carbocycles. The highest BCUT2D eigenvalue weighted by Crippen LogP contribution is 2.20. The van der Waals surface area contributed by atoms with Crippen LogP contribution in [0.3, 0.4) is 0 Å². The van der Waals surface area contributed by atoms with Crippen LogP contribution in [0, 0.1) is 0 Å². The number of anilines is 2. The van der Waals surface area contributed by atoms with Gasteiger partial charge in [0.05, 0.1) is 4.47 Å². The highest BCUT2D eigenvalue weighted by molar-refractivity contribution is 9.10. The molecule has 108 valence electrons. The van der Waals surface area contributed by atoms with Crippen LogP contribution in [0.2, 0.25) is 0 Å². The highest BCUT2D eigenvalue weighted by atomic mass is 79.9. The summed E-state index contributed by atoms with van der Waals surface area (Å²) in [7, 11) is 0. The third-order valence-corrected chi connectivity index (χ3v) is 3.48. The van der Waals surface area contributed by atoms with Gasteiger partial charge >= 0.3 is 0 Å². The average Bonchev–Trinajstić information content (AvgIpc) is 2.41. The van der Waals surface area contributed by atoms with Gasteiger partial charge < -0.3 is 10.6 Å². The van der Waals surface area contributed by atoms with Gasteiger partial charge in [0.25, 0.3) is 0 Å². The van der Waals surface area contributed by atoms with Crippen molar-refractivity contribution in [3.05, 3.63) is 10.7 Å². The van der Waals surface area contributed by atoms with Crippen LogP contribution in [-0.4, -0.2) is 23.1 Å². The van der Waals surface area contributed by atoms with E-state index < -0.39 is 0 Å². The van der Waals surface area contributed by atoms with E-state index in [1.807, 2.05) is 6.92 Å². The zero-order chi connectivity index (χ0) is 13.9. The Morgan fingerprint density at radius 1 is 1.05 bits per heavy atom. The van der Waals surface area contributed by atoms with E-state index in [2.05, 4.69) is 43.5 Å². The van der Waals surface area contributed by atoms with Crippen molar-refractivity contribution in [3.63, 3.8) is 0 Å². The molecule has 0 radical (unpaired) electrons. The first-order chi connectivity index (χ1) is 9.27. The number of halogens is 1. The lowest BCUT2D eigenvalue weighted by Gasteiger charge is -2.09. The molecule has 1 aromatic heterocycles. The van der Waals surface area contributed by atoms with Gasteiger partial charge in [-0.15, -0.1) is 0 Å². The van der Waals surface area contributed by atoms with Gasteiger partial charge in [0.2, 0.25) is 5.95 Å². The summed E-state index contributed by atoms with van der Waals surface area (Å²) in [6.07, 6.45) is 9.62. The fourth-order valence-corrected chi connectivity index (χ4v) is 2.18. The number of nitrogens with one attached hydrogen (secondary N) is 2. The molecular weight excluding hydrogens is 304 g/mol. The van der Waals surface area contributed by atoms with Crippen molar-refractivity contribution < 1.29 is 0 Å². The maximum absolute atomic E-state index is 4.43. The molecule has 4 nitrogen and oxygen atoms in total. The van der Waals surface area contributed by atoms with Crippen molar-refractivity contribution in [2.24, 2.45) is 0 Å². The first-order valence-corrected chi connectivity index (χ1v) is 8.07. The third-order valence-electron chi connectivity index (χ3n) is 2.90. The van der Waals surface area contributed by atoms with Gasteiger partial charge in [0, 0.05) is 19.3 Å². The summed E-state index contributed by atoms with van der Waals surface area (Å²) >= 11 is 3.47. The Bertz CT molecular complexity index is 357. The van der Waals surface area contributed by atoms with Gasteiger partial charge in [-0.05, 0) is 29.3 Å². The second kappa shape index (κ2) is 10.0. The van der Waals surface area contributed by atoms with Gasteiger partial charge in [-0.2, -0.15) is 4.98 Å². The van der Waals surface area contributed by atoms with Crippen molar-refractivity contribution in [1.82, 2.24) is 9.97 Å². The van der Waals surface area contributed by atoms with E-state index in [4.69, 9.17) is 0 Å².